The summed E-state index contributed by atoms with van der Waals surface area (Å²) in [5, 5.41) is 0.712. The molecular formula is C17H22ClNO3S. The first-order valence-electron chi connectivity index (χ1n) is 7.93. The molecule has 6 heteroatoms. The number of hydrogen-bond acceptors (Lipinski definition) is 4. The number of hydrogen-bond donors (Lipinski definition) is 0. The van der Waals surface area contributed by atoms with Gasteiger partial charge in [-0.05, 0) is 44.0 Å². The van der Waals surface area contributed by atoms with Crippen molar-refractivity contribution in [2.75, 3.05) is 25.4 Å². The third-order valence-electron chi connectivity index (χ3n) is 3.79. The SMILES string of the molecule is CCOC(=O)[C@@H]1CCCN(C(=O)CCSc2ccc(Cl)cc2)C1. The van der Waals surface area contributed by atoms with E-state index in [0.29, 0.717) is 24.6 Å². The fourth-order valence-electron chi connectivity index (χ4n) is 2.60. The zero-order chi connectivity index (χ0) is 16.7. The van der Waals surface area contributed by atoms with Gasteiger partial charge >= 0.3 is 5.97 Å². The molecule has 1 fully saturated rings. The van der Waals surface area contributed by atoms with Crippen molar-refractivity contribution in [1.82, 2.24) is 4.90 Å². The summed E-state index contributed by atoms with van der Waals surface area (Å²) < 4.78 is 5.07. The summed E-state index contributed by atoms with van der Waals surface area (Å²) in [6, 6.07) is 7.60. The lowest BCUT2D eigenvalue weighted by molar-refractivity contribution is -0.151. The zero-order valence-corrected chi connectivity index (χ0v) is 14.9. The average Bonchev–Trinajstić information content (AvgIpc) is 2.57. The van der Waals surface area contributed by atoms with Crippen LogP contribution in [0.4, 0.5) is 0 Å². The molecular weight excluding hydrogens is 334 g/mol. The molecule has 1 heterocycles. The van der Waals surface area contributed by atoms with E-state index in [1.54, 1.807) is 23.6 Å². The summed E-state index contributed by atoms with van der Waals surface area (Å²) in [5.74, 6) is 0.485. The molecule has 23 heavy (non-hydrogen) atoms. The fourth-order valence-corrected chi connectivity index (χ4v) is 3.57. The monoisotopic (exact) mass is 355 g/mol. The van der Waals surface area contributed by atoms with E-state index >= 15 is 0 Å². The maximum Gasteiger partial charge on any atom is 0.310 e. The van der Waals surface area contributed by atoms with Crippen LogP contribution in [0.2, 0.25) is 5.02 Å². The van der Waals surface area contributed by atoms with E-state index in [2.05, 4.69) is 0 Å². The first kappa shape index (κ1) is 18.1. The summed E-state index contributed by atoms with van der Waals surface area (Å²) in [6.07, 6.45) is 2.14. The Kier molecular flexibility index (Phi) is 7.24. The summed E-state index contributed by atoms with van der Waals surface area (Å²) in [5.41, 5.74) is 0. The van der Waals surface area contributed by atoms with Crippen molar-refractivity contribution in [3.8, 4) is 0 Å². The predicted molar refractivity (Wildman–Crippen MR) is 92.7 cm³/mol. The highest BCUT2D eigenvalue weighted by Gasteiger charge is 2.28. The number of piperidine rings is 1. The molecule has 1 aromatic carbocycles. The number of thioether (sulfide) groups is 1. The molecule has 1 aromatic rings. The molecule has 0 spiro atoms. The standard InChI is InChI=1S/C17H22ClNO3S/c1-2-22-17(21)13-4-3-10-19(12-13)16(20)9-11-23-15-7-5-14(18)6-8-15/h5-8,13H,2-4,9-12H2,1H3/t13-/m1/s1. The van der Waals surface area contributed by atoms with E-state index in [1.165, 1.54) is 0 Å². The summed E-state index contributed by atoms with van der Waals surface area (Å²) in [4.78, 5) is 27.0. The molecule has 0 aromatic heterocycles. The van der Waals surface area contributed by atoms with Crippen molar-refractivity contribution < 1.29 is 14.3 Å². The van der Waals surface area contributed by atoms with Gasteiger partial charge in [-0.2, -0.15) is 0 Å². The van der Waals surface area contributed by atoms with Crippen LogP contribution in [0.1, 0.15) is 26.2 Å². The van der Waals surface area contributed by atoms with Gasteiger partial charge in [-0.3, -0.25) is 9.59 Å². The molecule has 0 bridgehead atoms. The smallest absolute Gasteiger partial charge is 0.310 e. The molecule has 2 rings (SSSR count). The van der Waals surface area contributed by atoms with E-state index < -0.39 is 0 Å². The van der Waals surface area contributed by atoms with E-state index in [1.807, 2.05) is 24.3 Å². The Balaban J connectivity index is 1.76. The lowest BCUT2D eigenvalue weighted by atomic mass is 9.98. The van der Waals surface area contributed by atoms with Crippen LogP contribution in [0.5, 0.6) is 0 Å². The Bertz CT molecular complexity index is 535. The minimum absolute atomic E-state index is 0.112. The van der Waals surface area contributed by atoms with Gasteiger partial charge in [-0.25, -0.2) is 0 Å². The molecule has 1 atom stereocenters. The Morgan fingerprint density at radius 2 is 2.09 bits per heavy atom. The lowest BCUT2D eigenvalue weighted by Crippen LogP contribution is -2.42. The Hall–Kier alpha value is -1.20. The van der Waals surface area contributed by atoms with Crippen molar-refractivity contribution in [3.05, 3.63) is 29.3 Å². The molecule has 1 aliphatic rings. The van der Waals surface area contributed by atoms with Crippen molar-refractivity contribution in [2.45, 2.75) is 31.1 Å². The van der Waals surface area contributed by atoms with Crippen molar-refractivity contribution >= 4 is 35.2 Å². The molecule has 126 valence electrons. The summed E-state index contributed by atoms with van der Waals surface area (Å²) >= 11 is 7.49. The first-order chi connectivity index (χ1) is 11.1. The molecule has 0 aliphatic carbocycles. The zero-order valence-electron chi connectivity index (χ0n) is 13.3. The third kappa shape index (κ3) is 5.74. The number of ether oxygens (including phenoxy) is 1. The van der Waals surface area contributed by atoms with E-state index in [-0.39, 0.29) is 17.8 Å². The average molecular weight is 356 g/mol. The van der Waals surface area contributed by atoms with Gasteiger partial charge in [0.15, 0.2) is 0 Å². The molecule has 1 saturated heterocycles. The van der Waals surface area contributed by atoms with Gasteiger partial charge in [-0.15, -0.1) is 11.8 Å². The normalized spacial score (nSPS) is 17.8. The third-order valence-corrected chi connectivity index (χ3v) is 5.06. The van der Waals surface area contributed by atoms with Crippen LogP contribution in [0.25, 0.3) is 0 Å². The van der Waals surface area contributed by atoms with Crippen molar-refractivity contribution in [1.29, 1.82) is 0 Å². The predicted octanol–water partition coefficient (Wildman–Crippen LogP) is 3.62. The number of nitrogens with zero attached hydrogens (tertiary/aromatic N) is 1. The molecule has 0 unspecified atom stereocenters. The second-order valence-corrected chi connectivity index (χ2v) is 7.09. The fraction of sp³-hybridized carbons (Fsp3) is 0.529. The largest absolute Gasteiger partial charge is 0.466 e. The molecule has 4 nitrogen and oxygen atoms in total. The van der Waals surface area contributed by atoms with Gasteiger partial charge < -0.3 is 9.64 Å². The van der Waals surface area contributed by atoms with Crippen LogP contribution >= 0.6 is 23.4 Å². The van der Waals surface area contributed by atoms with Crippen LogP contribution in [0, 0.1) is 5.92 Å². The number of halogens is 1. The van der Waals surface area contributed by atoms with Crippen LogP contribution in [-0.2, 0) is 14.3 Å². The lowest BCUT2D eigenvalue weighted by Gasteiger charge is -2.31. The highest BCUT2D eigenvalue weighted by Crippen LogP contribution is 2.23. The molecule has 1 amide bonds. The van der Waals surface area contributed by atoms with E-state index in [4.69, 9.17) is 16.3 Å². The van der Waals surface area contributed by atoms with Gasteiger partial charge in [0.2, 0.25) is 5.91 Å². The highest BCUT2D eigenvalue weighted by atomic mass is 35.5. The second kappa shape index (κ2) is 9.18. The van der Waals surface area contributed by atoms with Crippen molar-refractivity contribution in [2.24, 2.45) is 5.92 Å². The van der Waals surface area contributed by atoms with Gasteiger partial charge in [0.25, 0.3) is 0 Å². The summed E-state index contributed by atoms with van der Waals surface area (Å²) in [7, 11) is 0. The van der Waals surface area contributed by atoms with Crippen LogP contribution in [-0.4, -0.2) is 42.2 Å². The number of carbonyl (C=O) groups is 2. The number of benzene rings is 1. The number of rotatable bonds is 6. The Labute approximate surface area is 146 Å². The summed E-state index contributed by atoms with van der Waals surface area (Å²) in [6.45, 7) is 3.42. The van der Waals surface area contributed by atoms with E-state index in [0.717, 1.165) is 30.0 Å². The number of amides is 1. The number of carbonyl (C=O) groups excluding carboxylic acids is 2. The first-order valence-corrected chi connectivity index (χ1v) is 9.29. The second-order valence-electron chi connectivity index (χ2n) is 5.48. The van der Waals surface area contributed by atoms with Gasteiger partial charge in [0, 0.05) is 35.2 Å². The van der Waals surface area contributed by atoms with Gasteiger partial charge in [0.1, 0.15) is 0 Å². The van der Waals surface area contributed by atoms with Gasteiger partial charge in [0.05, 0.1) is 12.5 Å². The van der Waals surface area contributed by atoms with Crippen LogP contribution in [0.3, 0.4) is 0 Å². The topological polar surface area (TPSA) is 46.6 Å². The van der Waals surface area contributed by atoms with Crippen LogP contribution in [0.15, 0.2) is 29.2 Å². The maximum atomic E-state index is 12.3. The van der Waals surface area contributed by atoms with E-state index in [9.17, 15) is 9.59 Å². The minimum atomic E-state index is -0.180. The number of likely N-dealkylation sites (tertiary alicyclic amines) is 1. The Morgan fingerprint density at radius 3 is 2.78 bits per heavy atom. The minimum Gasteiger partial charge on any atom is -0.466 e. The highest BCUT2D eigenvalue weighted by molar-refractivity contribution is 7.99. The quantitative estimate of drug-likeness (QED) is 0.577. The van der Waals surface area contributed by atoms with Crippen LogP contribution < -0.4 is 0 Å². The molecule has 0 N–H and O–H groups in total. The van der Waals surface area contributed by atoms with Gasteiger partial charge in [-0.1, -0.05) is 11.6 Å². The molecule has 0 saturated carbocycles. The Morgan fingerprint density at radius 1 is 1.35 bits per heavy atom. The number of esters is 1. The molecule has 1 aliphatic heterocycles. The van der Waals surface area contributed by atoms with Crippen molar-refractivity contribution in [3.63, 3.8) is 0 Å². The maximum absolute atomic E-state index is 12.3. The molecule has 0 radical (unpaired) electrons.